The molecule has 4 heteroatoms. The van der Waals surface area contributed by atoms with Gasteiger partial charge < -0.3 is 15.0 Å². The second kappa shape index (κ2) is 7.41. The van der Waals surface area contributed by atoms with E-state index in [0.717, 1.165) is 33.6 Å². The van der Waals surface area contributed by atoms with Crippen LogP contribution in [0.3, 0.4) is 0 Å². The highest BCUT2D eigenvalue weighted by Gasteiger charge is 2.14. The van der Waals surface area contributed by atoms with Gasteiger partial charge in [-0.15, -0.1) is 0 Å². The number of carbonyl (C=O) groups excluding carboxylic acids is 1. The van der Waals surface area contributed by atoms with Gasteiger partial charge in [-0.3, -0.25) is 4.79 Å². The van der Waals surface area contributed by atoms with E-state index in [0.29, 0.717) is 5.56 Å². The zero-order chi connectivity index (χ0) is 20.5. The number of hydrogen-bond acceptors (Lipinski definition) is 2. The highest BCUT2D eigenvalue weighted by Crippen LogP contribution is 2.36. The molecule has 0 saturated heterocycles. The molecule has 5 rings (SSSR count). The van der Waals surface area contributed by atoms with Crippen molar-refractivity contribution >= 4 is 33.4 Å². The Balaban J connectivity index is 1.57. The molecular formula is C26H20N2O2. The molecular weight excluding hydrogens is 372 g/mol. The van der Waals surface area contributed by atoms with Crippen LogP contribution in [0, 0.1) is 0 Å². The highest BCUT2D eigenvalue weighted by atomic mass is 16.5. The Morgan fingerprint density at radius 1 is 0.767 bits per heavy atom. The van der Waals surface area contributed by atoms with Gasteiger partial charge >= 0.3 is 0 Å². The maximum atomic E-state index is 12.8. The van der Waals surface area contributed by atoms with E-state index in [1.807, 2.05) is 36.4 Å². The molecule has 4 nitrogen and oxygen atoms in total. The number of rotatable bonds is 4. The van der Waals surface area contributed by atoms with Crippen LogP contribution < -0.4 is 10.1 Å². The number of anilines is 1. The number of benzene rings is 4. The van der Waals surface area contributed by atoms with Crippen molar-refractivity contribution in [2.24, 2.45) is 0 Å². The van der Waals surface area contributed by atoms with Crippen molar-refractivity contribution in [2.45, 2.75) is 0 Å². The predicted molar refractivity (Wildman–Crippen MR) is 122 cm³/mol. The third kappa shape index (κ3) is 3.08. The van der Waals surface area contributed by atoms with Gasteiger partial charge in [0.2, 0.25) is 0 Å². The van der Waals surface area contributed by atoms with E-state index in [1.54, 1.807) is 31.4 Å². The third-order valence-electron chi connectivity index (χ3n) is 5.36. The summed E-state index contributed by atoms with van der Waals surface area (Å²) in [6.45, 7) is 0. The fourth-order valence-electron chi connectivity index (χ4n) is 3.86. The van der Waals surface area contributed by atoms with E-state index in [1.165, 1.54) is 10.8 Å². The van der Waals surface area contributed by atoms with Crippen molar-refractivity contribution in [1.82, 2.24) is 4.98 Å². The van der Waals surface area contributed by atoms with Crippen LogP contribution >= 0.6 is 0 Å². The SMILES string of the molecule is COc1ccc(C(=O)Nc2ccccc2-c2cccc3c2[nH]c2ccccc23)cc1. The lowest BCUT2D eigenvalue weighted by molar-refractivity contribution is 0.102. The van der Waals surface area contributed by atoms with Gasteiger partial charge in [0.05, 0.1) is 12.6 Å². The van der Waals surface area contributed by atoms with Crippen LogP contribution in [0.25, 0.3) is 32.9 Å². The minimum atomic E-state index is -0.158. The van der Waals surface area contributed by atoms with Crippen LogP contribution in [0.15, 0.2) is 91.0 Å². The molecule has 146 valence electrons. The van der Waals surface area contributed by atoms with Crippen molar-refractivity contribution in [3.8, 4) is 16.9 Å². The molecule has 0 bridgehead atoms. The first-order chi connectivity index (χ1) is 14.7. The number of hydrogen-bond donors (Lipinski definition) is 2. The number of H-pyrrole nitrogens is 1. The van der Waals surface area contributed by atoms with E-state index < -0.39 is 0 Å². The Morgan fingerprint density at radius 2 is 1.47 bits per heavy atom. The normalized spacial score (nSPS) is 11.0. The zero-order valence-corrected chi connectivity index (χ0v) is 16.5. The standard InChI is InChI=1S/C26H20N2O2/c1-30-18-15-13-17(14-16-18)26(29)28-24-12-5-3-8-20(24)22-10-6-9-21-19-7-2-4-11-23(19)27-25(21)22/h2-16,27H,1H3,(H,28,29). The van der Waals surface area contributed by atoms with Crippen molar-refractivity contribution in [1.29, 1.82) is 0 Å². The summed E-state index contributed by atoms with van der Waals surface area (Å²) in [7, 11) is 1.61. The number of aromatic amines is 1. The number of nitrogens with one attached hydrogen (secondary N) is 2. The smallest absolute Gasteiger partial charge is 0.255 e. The Morgan fingerprint density at radius 3 is 2.30 bits per heavy atom. The lowest BCUT2D eigenvalue weighted by atomic mass is 10.00. The van der Waals surface area contributed by atoms with Crippen LogP contribution in [0.1, 0.15) is 10.4 Å². The molecule has 0 aliphatic heterocycles. The number of ether oxygens (including phenoxy) is 1. The van der Waals surface area contributed by atoms with Gasteiger partial charge in [0.1, 0.15) is 5.75 Å². The summed E-state index contributed by atoms with van der Waals surface area (Å²) < 4.78 is 5.17. The molecule has 0 spiro atoms. The van der Waals surface area contributed by atoms with Crippen molar-refractivity contribution in [2.75, 3.05) is 12.4 Å². The van der Waals surface area contributed by atoms with Crippen LogP contribution in [0.4, 0.5) is 5.69 Å². The van der Waals surface area contributed by atoms with Gasteiger partial charge in [-0.1, -0.05) is 54.6 Å². The summed E-state index contributed by atoms with van der Waals surface area (Å²) in [6, 6.07) is 29.5. The summed E-state index contributed by atoms with van der Waals surface area (Å²) in [5.74, 6) is 0.561. The van der Waals surface area contributed by atoms with Gasteiger partial charge in [-0.2, -0.15) is 0 Å². The maximum absolute atomic E-state index is 12.8. The largest absolute Gasteiger partial charge is 0.497 e. The molecule has 30 heavy (non-hydrogen) atoms. The predicted octanol–water partition coefficient (Wildman–Crippen LogP) is 6.25. The summed E-state index contributed by atoms with van der Waals surface area (Å²) >= 11 is 0. The van der Waals surface area contributed by atoms with E-state index in [2.05, 4.69) is 40.6 Å². The molecule has 0 aliphatic carbocycles. The minimum Gasteiger partial charge on any atom is -0.497 e. The third-order valence-corrected chi connectivity index (χ3v) is 5.36. The fraction of sp³-hybridized carbons (Fsp3) is 0.0385. The number of methoxy groups -OCH3 is 1. The first kappa shape index (κ1) is 18.0. The van der Waals surface area contributed by atoms with Gasteiger partial charge in [0.25, 0.3) is 5.91 Å². The molecule has 4 aromatic carbocycles. The van der Waals surface area contributed by atoms with Crippen molar-refractivity contribution < 1.29 is 9.53 Å². The monoisotopic (exact) mass is 392 g/mol. The Labute approximate surface area is 174 Å². The minimum absolute atomic E-state index is 0.158. The van der Waals surface area contributed by atoms with Gasteiger partial charge in [0.15, 0.2) is 0 Å². The van der Waals surface area contributed by atoms with Crippen molar-refractivity contribution in [3.05, 3.63) is 96.6 Å². The lowest BCUT2D eigenvalue weighted by Gasteiger charge is -2.12. The molecule has 2 N–H and O–H groups in total. The Hall–Kier alpha value is -4.05. The number of amides is 1. The second-order valence-corrected chi connectivity index (χ2v) is 7.13. The molecule has 0 unspecified atom stereocenters. The molecule has 0 radical (unpaired) electrons. The number of fused-ring (bicyclic) bond motifs is 3. The summed E-state index contributed by atoms with van der Waals surface area (Å²) in [5.41, 5.74) is 5.52. The number of aromatic nitrogens is 1. The molecule has 1 aromatic heterocycles. The zero-order valence-electron chi connectivity index (χ0n) is 16.5. The average Bonchev–Trinajstić information content (AvgIpc) is 3.18. The molecule has 0 atom stereocenters. The van der Waals surface area contributed by atoms with Crippen molar-refractivity contribution in [3.63, 3.8) is 0 Å². The van der Waals surface area contributed by atoms with Crippen LogP contribution in [0.2, 0.25) is 0 Å². The topological polar surface area (TPSA) is 54.1 Å². The number of carbonyl (C=O) groups is 1. The fourth-order valence-corrected chi connectivity index (χ4v) is 3.86. The van der Waals surface area contributed by atoms with Crippen LogP contribution in [-0.2, 0) is 0 Å². The maximum Gasteiger partial charge on any atom is 0.255 e. The molecule has 1 heterocycles. The number of para-hydroxylation sites is 3. The summed E-state index contributed by atoms with van der Waals surface area (Å²) in [5, 5.41) is 5.42. The summed E-state index contributed by atoms with van der Waals surface area (Å²) in [4.78, 5) is 16.4. The molecule has 5 aromatic rings. The average molecular weight is 392 g/mol. The highest BCUT2D eigenvalue weighted by molar-refractivity contribution is 6.13. The first-order valence-electron chi connectivity index (χ1n) is 9.79. The van der Waals surface area contributed by atoms with Crippen LogP contribution in [0.5, 0.6) is 5.75 Å². The lowest BCUT2D eigenvalue weighted by Crippen LogP contribution is -2.12. The Bertz CT molecular complexity index is 1370. The van der Waals surface area contributed by atoms with E-state index in [4.69, 9.17) is 4.74 Å². The molecule has 1 amide bonds. The van der Waals surface area contributed by atoms with E-state index in [-0.39, 0.29) is 5.91 Å². The van der Waals surface area contributed by atoms with E-state index in [9.17, 15) is 4.79 Å². The molecule has 0 saturated carbocycles. The van der Waals surface area contributed by atoms with E-state index >= 15 is 0 Å². The quantitative estimate of drug-likeness (QED) is 0.380. The van der Waals surface area contributed by atoms with Gasteiger partial charge in [-0.05, 0) is 36.4 Å². The summed E-state index contributed by atoms with van der Waals surface area (Å²) in [6.07, 6.45) is 0. The first-order valence-corrected chi connectivity index (χ1v) is 9.79. The molecule has 0 aliphatic rings. The Kier molecular flexibility index (Phi) is 4.45. The van der Waals surface area contributed by atoms with Gasteiger partial charge in [0, 0.05) is 38.7 Å². The molecule has 0 fully saturated rings. The van der Waals surface area contributed by atoms with Gasteiger partial charge in [-0.25, -0.2) is 0 Å². The second-order valence-electron chi connectivity index (χ2n) is 7.13. The van der Waals surface area contributed by atoms with Crippen LogP contribution in [-0.4, -0.2) is 18.0 Å².